The smallest absolute Gasteiger partial charge is 0.213 e. The summed E-state index contributed by atoms with van der Waals surface area (Å²) in [5, 5.41) is 6.91. The van der Waals surface area contributed by atoms with Crippen LogP contribution in [0, 0.1) is 4.77 Å². The first-order valence-electron chi connectivity index (χ1n) is 4.88. The zero-order valence-electron chi connectivity index (χ0n) is 8.63. The molecule has 0 aliphatic carbocycles. The van der Waals surface area contributed by atoms with Crippen molar-refractivity contribution < 1.29 is 0 Å². The Balaban J connectivity index is 2.51. The SMILES string of the molecule is CCc1nc(CC)c(-c2nc(=S)[nH][nH]2)s1. The summed E-state index contributed by atoms with van der Waals surface area (Å²) in [6, 6.07) is 0. The second-order valence-electron chi connectivity index (χ2n) is 3.11. The first kappa shape index (κ1) is 10.5. The molecular formula is C9H12N4S2. The second-order valence-corrected chi connectivity index (χ2v) is 4.58. The van der Waals surface area contributed by atoms with Gasteiger partial charge in [-0.05, 0) is 25.1 Å². The van der Waals surface area contributed by atoms with Gasteiger partial charge in [-0.15, -0.1) is 11.3 Å². The molecule has 0 saturated heterocycles. The Morgan fingerprint density at radius 1 is 1.20 bits per heavy atom. The van der Waals surface area contributed by atoms with Crippen LogP contribution >= 0.6 is 23.6 Å². The Morgan fingerprint density at radius 3 is 2.53 bits per heavy atom. The van der Waals surface area contributed by atoms with E-state index in [1.807, 2.05) is 0 Å². The highest BCUT2D eigenvalue weighted by Gasteiger charge is 2.12. The summed E-state index contributed by atoms with van der Waals surface area (Å²) in [7, 11) is 0. The quantitative estimate of drug-likeness (QED) is 0.811. The topological polar surface area (TPSA) is 57.4 Å². The third kappa shape index (κ3) is 2.00. The number of hydrogen-bond acceptors (Lipinski definition) is 4. The van der Waals surface area contributed by atoms with Crippen molar-refractivity contribution in [2.45, 2.75) is 26.7 Å². The maximum atomic E-state index is 4.93. The number of H-pyrrole nitrogens is 2. The van der Waals surface area contributed by atoms with Gasteiger partial charge in [0.15, 0.2) is 5.82 Å². The first-order chi connectivity index (χ1) is 7.24. The molecule has 0 aromatic carbocycles. The Hall–Kier alpha value is -1.01. The van der Waals surface area contributed by atoms with E-state index < -0.39 is 0 Å². The van der Waals surface area contributed by atoms with Crippen molar-refractivity contribution >= 4 is 23.6 Å². The molecule has 0 atom stereocenters. The van der Waals surface area contributed by atoms with E-state index in [2.05, 4.69) is 34.0 Å². The summed E-state index contributed by atoms with van der Waals surface area (Å²) in [4.78, 5) is 9.85. The molecule has 0 aliphatic rings. The molecule has 2 aromatic rings. The predicted molar refractivity (Wildman–Crippen MR) is 63.6 cm³/mol. The molecule has 0 radical (unpaired) electrons. The van der Waals surface area contributed by atoms with Crippen LogP contribution in [0.3, 0.4) is 0 Å². The summed E-state index contributed by atoms with van der Waals surface area (Å²) in [5.74, 6) is 0.800. The van der Waals surface area contributed by atoms with Gasteiger partial charge < -0.3 is 0 Å². The van der Waals surface area contributed by atoms with Crippen molar-refractivity contribution in [2.75, 3.05) is 0 Å². The minimum atomic E-state index is 0.485. The van der Waals surface area contributed by atoms with E-state index in [9.17, 15) is 0 Å². The van der Waals surface area contributed by atoms with Crippen LogP contribution in [0.15, 0.2) is 0 Å². The maximum Gasteiger partial charge on any atom is 0.213 e. The molecule has 6 heteroatoms. The molecule has 80 valence electrons. The van der Waals surface area contributed by atoms with E-state index in [4.69, 9.17) is 12.2 Å². The van der Waals surface area contributed by atoms with Gasteiger partial charge in [-0.2, -0.15) is 4.98 Å². The van der Waals surface area contributed by atoms with Crippen molar-refractivity contribution in [1.29, 1.82) is 0 Å². The zero-order valence-corrected chi connectivity index (χ0v) is 10.3. The fourth-order valence-corrected chi connectivity index (χ4v) is 2.53. The third-order valence-corrected chi connectivity index (χ3v) is 3.54. The van der Waals surface area contributed by atoms with Crippen LogP contribution in [-0.4, -0.2) is 20.2 Å². The van der Waals surface area contributed by atoms with Crippen LogP contribution in [0.1, 0.15) is 24.5 Å². The first-order valence-corrected chi connectivity index (χ1v) is 6.10. The monoisotopic (exact) mass is 240 g/mol. The van der Waals surface area contributed by atoms with Crippen molar-refractivity contribution in [1.82, 2.24) is 20.2 Å². The zero-order chi connectivity index (χ0) is 10.8. The lowest BCUT2D eigenvalue weighted by molar-refractivity contribution is 0.999. The van der Waals surface area contributed by atoms with E-state index >= 15 is 0 Å². The summed E-state index contributed by atoms with van der Waals surface area (Å²) in [6.07, 6.45) is 1.88. The fraction of sp³-hybridized carbons (Fsp3) is 0.444. The molecule has 2 aromatic heterocycles. The molecule has 15 heavy (non-hydrogen) atoms. The molecule has 2 heterocycles. The van der Waals surface area contributed by atoms with E-state index in [1.165, 1.54) is 0 Å². The van der Waals surface area contributed by atoms with Crippen molar-refractivity contribution in [3.05, 3.63) is 15.5 Å². The average molecular weight is 240 g/mol. The molecule has 0 spiro atoms. The van der Waals surface area contributed by atoms with Crippen LogP contribution in [0.25, 0.3) is 10.7 Å². The summed E-state index contributed by atoms with van der Waals surface area (Å²) in [5.41, 5.74) is 1.09. The second kappa shape index (κ2) is 4.24. The van der Waals surface area contributed by atoms with Crippen molar-refractivity contribution in [2.24, 2.45) is 0 Å². The van der Waals surface area contributed by atoms with Gasteiger partial charge in [0.2, 0.25) is 4.77 Å². The van der Waals surface area contributed by atoms with Crippen LogP contribution in [0.4, 0.5) is 0 Å². The summed E-state index contributed by atoms with van der Waals surface area (Å²) >= 11 is 6.61. The minimum absolute atomic E-state index is 0.485. The van der Waals surface area contributed by atoms with E-state index in [0.717, 1.165) is 34.2 Å². The van der Waals surface area contributed by atoms with E-state index in [0.29, 0.717) is 4.77 Å². The van der Waals surface area contributed by atoms with E-state index in [-0.39, 0.29) is 0 Å². The number of rotatable bonds is 3. The van der Waals surface area contributed by atoms with Crippen molar-refractivity contribution in [3.63, 3.8) is 0 Å². The average Bonchev–Trinajstić information content (AvgIpc) is 2.82. The standard InChI is InChI=1S/C9H12N4S2/c1-3-5-7(15-6(4-2)10-5)8-11-9(14)13-12-8/h3-4H2,1-2H3,(H2,11,12,13,14). The van der Waals surface area contributed by atoms with E-state index in [1.54, 1.807) is 11.3 Å². The highest BCUT2D eigenvalue weighted by Crippen LogP contribution is 2.28. The molecule has 0 unspecified atom stereocenters. The summed E-state index contributed by atoms with van der Waals surface area (Å²) < 4.78 is 0.485. The lowest BCUT2D eigenvalue weighted by atomic mass is 10.3. The van der Waals surface area contributed by atoms with Crippen LogP contribution in [0.2, 0.25) is 0 Å². The molecule has 2 rings (SSSR count). The van der Waals surface area contributed by atoms with Gasteiger partial charge >= 0.3 is 0 Å². The number of aromatic amines is 2. The van der Waals surface area contributed by atoms with Crippen LogP contribution in [0.5, 0.6) is 0 Å². The largest absolute Gasteiger partial charge is 0.281 e. The van der Waals surface area contributed by atoms with Crippen molar-refractivity contribution in [3.8, 4) is 10.7 Å². The Bertz CT molecular complexity index is 508. The van der Waals surface area contributed by atoms with Gasteiger partial charge in [-0.25, -0.2) is 4.98 Å². The van der Waals surface area contributed by atoms with Gasteiger partial charge in [0.25, 0.3) is 0 Å². The molecule has 0 saturated carbocycles. The van der Waals surface area contributed by atoms with Gasteiger partial charge in [0, 0.05) is 0 Å². The number of aryl methyl sites for hydroxylation is 2. The third-order valence-electron chi connectivity index (χ3n) is 2.10. The number of thiazole rings is 1. The number of aromatic nitrogens is 4. The van der Waals surface area contributed by atoms with Gasteiger partial charge in [0.1, 0.15) is 0 Å². The van der Waals surface area contributed by atoms with Crippen LogP contribution < -0.4 is 0 Å². The Morgan fingerprint density at radius 2 is 2.00 bits per heavy atom. The molecular weight excluding hydrogens is 228 g/mol. The molecule has 0 amide bonds. The lowest BCUT2D eigenvalue weighted by Gasteiger charge is -1.92. The Kier molecular flexibility index (Phi) is 2.97. The molecule has 2 N–H and O–H groups in total. The molecule has 0 bridgehead atoms. The predicted octanol–water partition coefficient (Wildman–Crippen LogP) is 2.72. The highest BCUT2D eigenvalue weighted by molar-refractivity contribution is 7.71. The highest BCUT2D eigenvalue weighted by atomic mass is 32.1. The van der Waals surface area contributed by atoms with Gasteiger partial charge in [0.05, 0.1) is 15.6 Å². The van der Waals surface area contributed by atoms with Gasteiger partial charge in [-0.3, -0.25) is 10.2 Å². The number of nitrogens with zero attached hydrogens (tertiary/aromatic N) is 2. The van der Waals surface area contributed by atoms with Crippen LogP contribution in [-0.2, 0) is 12.8 Å². The molecule has 0 fully saturated rings. The minimum Gasteiger partial charge on any atom is -0.281 e. The Labute approximate surface area is 96.8 Å². The number of hydrogen-bond donors (Lipinski definition) is 2. The normalized spacial score (nSPS) is 10.8. The molecule has 4 nitrogen and oxygen atoms in total. The van der Waals surface area contributed by atoms with Gasteiger partial charge in [-0.1, -0.05) is 13.8 Å². The summed E-state index contributed by atoms with van der Waals surface area (Å²) in [6.45, 7) is 4.20. The fourth-order valence-electron chi connectivity index (χ4n) is 1.35. The maximum absolute atomic E-state index is 4.93. The lowest BCUT2D eigenvalue weighted by Crippen LogP contribution is -1.86. The number of nitrogens with one attached hydrogen (secondary N) is 2. The molecule has 0 aliphatic heterocycles.